The number of carbonyl (C=O) groups is 1. The van der Waals surface area contributed by atoms with E-state index in [-0.39, 0.29) is 17.1 Å². The summed E-state index contributed by atoms with van der Waals surface area (Å²) in [7, 11) is -2.98. The molecule has 4 heteroatoms. The van der Waals surface area contributed by atoms with Crippen LogP contribution in [0.5, 0.6) is 0 Å². The molecule has 2 rings (SSSR count). The summed E-state index contributed by atoms with van der Waals surface area (Å²) in [6, 6.07) is 0. The molecule has 2 saturated carbocycles. The van der Waals surface area contributed by atoms with Gasteiger partial charge in [-0.1, -0.05) is 25.7 Å². The number of Topliss-reactive ketones (excluding diaryl/α,β-unsaturated/α-hetero) is 1. The molecule has 2 fully saturated rings. The molecule has 104 valence electrons. The Balaban J connectivity index is 1.97. The van der Waals surface area contributed by atoms with Crippen LogP contribution in [-0.2, 0) is 14.6 Å². The van der Waals surface area contributed by atoms with E-state index in [0.29, 0.717) is 12.2 Å². The van der Waals surface area contributed by atoms with Crippen molar-refractivity contribution in [3.8, 4) is 0 Å². The smallest absolute Gasteiger partial charge is 0.150 e. The Labute approximate surface area is 110 Å². The van der Waals surface area contributed by atoms with Crippen molar-refractivity contribution in [1.82, 2.24) is 0 Å². The molecule has 0 saturated heterocycles. The molecule has 2 aliphatic rings. The summed E-state index contributed by atoms with van der Waals surface area (Å²) < 4.78 is 23.2. The zero-order valence-electron chi connectivity index (χ0n) is 11.2. The van der Waals surface area contributed by atoms with Gasteiger partial charge in [-0.05, 0) is 32.1 Å². The summed E-state index contributed by atoms with van der Waals surface area (Å²) in [5.74, 6) is 0.603. The van der Waals surface area contributed by atoms with Gasteiger partial charge in [0.1, 0.15) is 15.6 Å². The minimum atomic E-state index is -2.98. The van der Waals surface area contributed by atoms with Crippen LogP contribution < -0.4 is 0 Å². The van der Waals surface area contributed by atoms with E-state index in [1.807, 2.05) is 0 Å². The second-order valence-corrected chi connectivity index (χ2v) is 8.38. The Bertz CT molecular complexity index is 393. The Morgan fingerprint density at radius 1 is 0.889 bits per heavy atom. The third kappa shape index (κ3) is 3.34. The predicted molar refractivity (Wildman–Crippen MR) is 72.2 cm³/mol. The van der Waals surface area contributed by atoms with Crippen molar-refractivity contribution in [2.75, 3.05) is 6.26 Å². The summed E-state index contributed by atoms with van der Waals surface area (Å²) >= 11 is 0. The molecule has 0 radical (unpaired) electrons. The highest BCUT2D eigenvalue weighted by Gasteiger charge is 2.35. The second-order valence-electron chi connectivity index (χ2n) is 6.05. The summed E-state index contributed by atoms with van der Waals surface area (Å²) in [6.45, 7) is 0. The maximum atomic E-state index is 12.4. The highest BCUT2D eigenvalue weighted by Crippen LogP contribution is 2.34. The van der Waals surface area contributed by atoms with Crippen molar-refractivity contribution in [2.45, 2.75) is 63.0 Å². The first-order valence-electron chi connectivity index (χ1n) is 7.21. The van der Waals surface area contributed by atoms with Crippen molar-refractivity contribution in [3.05, 3.63) is 0 Å². The number of carbonyl (C=O) groups excluding carboxylic acids is 1. The van der Waals surface area contributed by atoms with Crippen LogP contribution in [0.2, 0.25) is 0 Å². The van der Waals surface area contributed by atoms with E-state index in [0.717, 1.165) is 32.1 Å². The van der Waals surface area contributed by atoms with E-state index in [1.165, 1.54) is 25.5 Å². The summed E-state index contributed by atoms with van der Waals surface area (Å²) in [5, 5.41) is -0.274. The Morgan fingerprint density at radius 2 is 1.50 bits per heavy atom. The summed E-state index contributed by atoms with van der Waals surface area (Å²) in [6.07, 6.45) is 10.1. The van der Waals surface area contributed by atoms with Crippen LogP contribution in [0.1, 0.15) is 57.8 Å². The normalized spacial score (nSPS) is 31.2. The third-order valence-corrected chi connectivity index (χ3v) is 6.28. The molecule has 0 spiro atoms. The quantitative estimate of drug-likeness (QED) is 0.793. The number of hydrogen-bond acceptors (Lipinski definition) is 3. The average molecular weight is 272 g/mol. The standard InChI is InChI=1S/C14H24O3S/c1-18(16,17)13-9-5-8-12(10-13)14(15)11-6-3-2-4-7-11/h11-13H,2-10H2,1H3. The van der Waals surface area contributed by atoms with Crippen LogP contribution in [0.3, 0.4) is 0 Å². The first-order valence-corrected chi connectivity index (χ1v) is 9.16. The monoisotopic (exact) mass is 272 g/mol. The van der Waals surface area contributed by atoms with Gasteiger partial charge in [-0.2, -0.15) is 0 Å². The molecule has 0 aliphatic heterocycles. The van der Waals surface area contributed by atoms with E-state index >= 15 is 0 Å². The predicted octanol–water partition coefficient (Wildman–Crippen LogP) is 2.74. The van der Waals surface area contributed by atoms with E-state index in [9.17, 15) is 13.2 Å². The van der Waals surface area contributed by atoms with Crippen LogP contribution in [0.25, 0.3) is 0 Å². The van der Waals surface area contributed by atoms with Crippen LogP contribution in [0.4, 0.5) is 0 Å². The third-order valence-electron chi connectivity index (χ3n) is 4.64. The fraction of sp³-hybridized carbons (Fsp3) is 0.929. The van der Waals surface area contributed by atoms with Gasteiger partial charge in [0.2, 0.25) is 0 Å². The first kappa shape index (κ1) is 14.0. The largest absolute Gasteiger partial charge is 0.299 e. The van der Waals surface area contributed by atoms with Crippen molar-refractivity contribution < 1.29 is 13.2 Å². The molecule has 0 aromatic heterocycles. The van der Waals surface area contributed by atoms with Gasteiger partial charge >= 0.3 is 0 Å². The number of sulfone groups is 1. The molecular weight excluding hydrogens is 248 g/mol. The molecule has 0 aromatic rings. The maximum absolute atomic E-state index is 12.4. The zero-order valence-corrected chi connectivity index (χ0v) is 12.0. The minimum Gasteiger partial charge on any atom is -0.299 e. The van der Waals surface area contributed by atoms with Gasteiger partial charge in [0.15, 0.2) is 0 Å². The molecule has 0 bridgehead atoms. The summed E-state index contributed by atoms with van der Waals surface area (Å²) in [4.78, 5) is 12.4. The maximum Gasteiger partial charge on any atom is 0.150 e. The van der Waals surface area contributed by atoms with E-state index in [4.69, 9.17) is 0 Å². The molecule has 18 heavy (non-hydrogen) atoms. The highest BCUT2D eigenvalue weighted by molar-refractivity contribution is 7.91. The Kier molecular flexibility index (Phi) is 4.46. The van der Waals surface area contributed by atoms with Crippen molar-refractivity contribution in [3.63, 3.8) is 0 Å². The van der Waals surface area contributed by atoms with Crippen LogP contribution in [0.15, 0.2) is 0 Å². The van der Waals surface area contributed by atoms with Crippen LogP contribution in [0, 0.1) is 11.8 Å². The van der Waals surface area contributed by atoms with Gasteiger partial charge in [0.05, 0.1) is 5.25 Å². The van der Waals surface area contributed by atoms with Crippen molar-refractivity contribution in [1.29, 1.82) is 0 Å². The highest BCUT2D eigenvalue weighted by atomic mass is 32.2. The molecule has 2 aliphatic carbocycles. The molecule has 0 aromatic carbocycles. The molecule has 0 amide bonds. The van der Waals surface area contributed by atoms with Gasteiger partial charge in [0.25, 0.3) is 0 Å². The Morgan fingerprint density at radius 3 is 2.11 bits per heavy atom. The lowest BCUT2D eigenvalue weighted by atomic mass is 9.76. The van der Waals surface area contributed by atoms with Gasteiger partial charge in [-0.25, -0.2) is 8.42 Å². The summed E-state index contributed by atoms with van der Waals surface area (Å²) in [5.41, 5.74) is 0. The fourth-order valence-corrected chi connectivity index (χ4v) is 4.69. The lowest BCUT2D eigenvalue weighted by Crippen LogP contribution is -2.34. The van der Waals surface area contributed by atoms with Crippen LogP contribution >= 0.6 is 0 Å². The fourth-order valence-electron chi connectivity index (χ4n) is 3.51. The molecule has 2 unspecified atom stereocenters. The van der Waals surface area contributed by atoms with Crippen LogP contribution in [-0.4, -0.2) is 25.7 Å². The molecule has 0 heterocycles. The van der Waals surface area contributed by atoms with Gasteiger partial charge in [-0.15, -0.1) is 0 Å². The topological polar surface area (TPSA) is 51.2 Å². The molecular formula is C14H24O3S. The number of hydrogen-bond donors (Lipinski definition) is 0. The SMILES string of the molecule is CS(=O)(=O)C1CCCC(C(=O)C2CCCCC2)C1. The molecule has 2 atom stereocenters. The van der Waals surface area contributed by atoms with E-state index in [2.05, 4.69) is 0 Å². The lowest BCUT2D eigenvalue weighted by Gasteiger charge is -2.31. The van der Waals surface area contributed by atoms with E-state index < -0.39 is 9.84 Å². The van der Waals surface area contributed by atoms with Gasteiger partial charge < -0.3 is 0 Å². The van der Waals surface area contributed by atoms with Crippen molar-refractivity contribution in [2.24, 2.45) is 11.8 Å². The zero-order chi connectivity index (χ0) is 13.2. The van der Waals surface area contributed by atoms with Gasteiger partial charge in [-0.3, -0.25) is 4.79 Å². The molecule has 0 N–H and O–H groups in total. The lowest BCUT2D eigenvalue weighted by molar-refractivity contribution is -0.128. The number of ketones is 1. The molecule has 3 nitrogen and oxygen atoms in total. The number of rotatable bonds is 3. The minimum absolute atomic E-state index is 0.0153. The first-order chi connectivity index (χ1) is 8.48. The van der Waals surface area contributed by atoms with Gasteiger partial charge in [0, 0.05) is 18.1 Å². The van der Waals surface area contributed by atoms with Crippen molar-refractivity contribution >= 4 is 15.6 Å². The Hall–Kier alpha value is -0.380. The van der Waals surface area contributed by atoms with E-state index in [1.54, 1.807) is 0 Å². The second kappa shape index (κ2) is 5.72. The average Bonchev–Trinajstić information content (AvgIpc) is 2.38.